The number of rotatable bonds is 5. The van der Waals surface area contributed by atoms with Gasteiger partial charge in [0, 0.05) is 23.2 Å². The molecule has 0 bridgehead atoms. The van der Waals surface area contributed by atoms with Crippen LogP contribution < -0.4 is 16.2 Å². The number of likely N-dealkylation sites (tertiary alicyclic amines) is 1. The van der Waals surface area contributed by atoms with E-state index in [1.54, 1.807) is 11.3 Å². The molecule has 2 aromatic heterocycles. The highest BCUT2D eigenvalue weighted by molar-refractivity contribution is 7.18. The van der Waals surface area contributed by atoms with Crippen molar-refractivity contribution < 1.29 is 4.79 Å². The maximum absolute atomic E-state index is 12.8. The fourth-order valence-corrected chi connectivity index (χ4v) is 6.00. The van der Waals surface area contributed by atoms with Gasteiger partial charge in [0.2, 0.25) is 0 Å². The van der Waals surface area contributed by atoms with Crippen LogP contribution >= 0.6 is 11.3 Å². The first kappa shape index (κ1) is 20.2. The van der Waals surface area contributed by atoms with Gasteiger partial charge in [0.1, 0.15) is 10.7 Å². The molecule has 1 aliphatic carbocycles. The Kier molecular flexibility index (Phi) is 5.74. The Morgan fingerprint density at radius 3 is 2.94 bits per heavy atom. The summed E-state index contributed by atoms with van der Waals surface area (Å²) in [4.78, 5) is 37.4. The maximum atomic E-state index is 12.8. The summed E-state index contributed by atoms with van der Waals surface area (Å²) in [5.41, 5.74) is 1.98. The van der Waals surface area contributed by atoms with E-state index in [-0.39, 0.29) is 17.6 Å². The average molecular weight is 438 g/mol. The van der Waals surface area contributed by atoms with E-state index in [9.17, 15) is 9.59 Å². The fraction of sp³-hybridized carbons (Fsp3) is 0.435. The molecular weight excluding hydrogens is 410 g/mol. The van der Waals surface area contributed by atoms with Gasteiger partial charge in [0.05, 0.1) is 11.9 Å². The molecule has 3 aromatic rings. The Labute approximate surface area is 184 Å². The molecule has 5 rings (SSSR count). The molecule has 1 aromatic carbocycles. The van der Waals surface area contributed by atoms with Crippen LogP contribution in [0.15, 0.2) is 35.1 Å². The number of amides is 2. The molecule has 1 saturated heterocycles. The standard InChI is InChI=1S/C23H27N5O2S/c29-21-20-17-10-6-11-18(17)31-22(20)27-19(26-21)14-28-12-5-4-9-16(28)13-24-23(30)25-15-7-2-1-3-8-15/h1-3,7-8,16H,4-6,9-14H2,(H2,24,25,30)(H,26,27,29)/t16-/m0/s1. The number of nitrogens with zero attached hydrogens (tertiary/aromatic N) is 2. The minimum Gasteiger partial charge on any atom is -0.336 e. The third-order valence-corrected chi connectivity index (χ3v) is 7.44. The van der Waals surface area contributed by atoms with Crippen LogP contribution in [0, 0.1) is 0 Å². The van der Waals surface area contributed by atoms with Crippen LogP contribution in [-0.2, 0) is 19.4 Å². The number of carbonyl (C=O) groups excluding carboxylic acids is 1. The summed E-state index contributed by atoms with van der Waals surface area (Å²) in [5, 5.41) is 6.67. The molecule has 2 aliphatic rings. The first-order valence-corrected chi connectivity index (χ1v) is 11.9. The summed E-state index contributed by atoms with van der Waals surface area (Å²) in [6.45, 7) is 2.11. The molecule has 0 spiro atoms. The Hall–Kier alpha value is -2.71. The molecule has 162 valence electrons. The van der Waals surface area contributed by atoms with Crippen molar-refractivity contribution in [3.63, 3.8) is 0 Å². The van der Waals surface area contributed by atoms with Crippen LogP contribution in [0.3, 0.4) is 0 Å². The second-order valence-corrected chi connectivity index (χ2v) is 9.45. The molecule has 8 heteroatoms. The number of piperidine rings is 1. The quantitative estimate of drug-likeness (QED) is 0.568. The highest BCUT2D eigenvalue weighted by atomic mass is 32.1. The van der Waals surface area contributed by atoms with Gasteiger partial charge in [-0.1, -0.05) is 24.6 Å². The van der Waals surface area contributed by atoms with E-state index in [4.69, 9.17) is 4.98 Å². The zero-order valence-corrected chi connectivity index (χ0v) is 18.3. The summed E-state index contributed by atoms with van der Waals surface area (Å²) >= 11 is 1.68. The zero-order valence-electron chi connectivity index (χ0n) is 17.4. The number of aromatic amines is 1. The van der Waals surface area contributed by atoms with Crippen LogP contribution in [0.5, 0.6) is 0 Å². The lowest BCUT2D eigenvalue weighted by Gasteiger charge is -2.35. The molecule has 3 heterocycles. The molecule has 3 N–H and O–H groups in total. The van der Waals surface area contributed by atoms with Crippen molar-refractivity contribution in [2.75, 3.05) is 18.4 Å². The topological polar surface area (TPSA) is 90.1 Å². The molecule has 1 fully saturated rings. The second-order valence-electron chi connectivity index (χ2n) is 8.37. The number of hydrogen-bond acceptors (Lipinski definition) is 5. The highest BCUT2D eigenvalue weighted by Gasteiger charge is 2.25. The van der Waals surface area contributed by atoms with Gasteiger partial charge in [-0.3, -0.25) is 9.69 Å². The van der Waals surface area contributed by atoms with Gasteiger partial charge in [-0.05, 0) is 56.3 Å². The van der Waals surface area contributed by atoms with Crippen molar-refractivity contribution in [1.29, 1.82) is 0 Å². The predicted molar refractivity (Wildman–Crippen MR) is 124 cm³/mol. The molecule has 0 saturated carbocycles. The average Bonchev–Trinajstić information content (AvgIpc) is 3.35. The lowest BCUT2D eigenvalue weighted by Crippen LogP contribution is -2.47. The van der Waals surface area contributed by atoms with E-state index < -0.39 is 0 Å². The minimum absolute atomic E-state index is 0.00618. The van der Waals surface area contributed by atoms with Crippen LogP contribution in [0.1, 0.15) is 41.9 Å². The number of aryl methyl sites for hydroxylation is 2. The number of para-hydroxylation sites is 1. The summed E-state index contributed by atoms with van der Waals surface area (Å²) in [6, 6.07) is 9.47. The molecule has 2 amide bonds. The van der Waals surface area contributed by atoms with Crippen LogP contribution in [0.4, 0.5) is 10.5 Å². The largest absolute Gasteiger partial charge is 0.336 e. The number of nitrogens with one attached hydrogen (secondary N) is 3. The predicted octanol–water partition coefficient (Wildman–Crippen LogP) is 3.65. The van der Waals surface area contributed by atoms with Crippen molar-refractivity contribution >= 4 is 33.3 Å². The number of thiophene rings is 1. The zero-order chi connectivity index (χ0) is 21.2. The van der Waals surface area contributed by atoms with Crippen molar-refractivity contribution in [2.45, 2.75) is 51.1 Å². The SMILES string of the molecule is O=C(NC[C@@H]1CCCCN1Cc1nc2sc3c(c2c(=O)[nH]1)CCC3)Nc1ccccc1. The number of carbonyl (C=O) groups is 1. The van der Waals surface area contributed by atoms with Crippen LogP contribution in [-0.4, -0.2) is 40.0 Å². The number of hydrogen-bond donors (Lipinski definition) is 3. The molecule has 0 unspecified atom stereocenters. The van der Waals surface area contributed by atoms with Gasteiger partial charge in [0.25, 0.3) is 5.56 Å². The normalized spacial score (nSPS) is 18.8. The Morgan fingerprint density at radius 1 is 1.19 bits per heavy atom. The monoisotopic (exact) mass is 437 g/mol. The van der Waals surface area contributed by atoms with E-state index in [1.165, 1.54) is 10.4 Å². The third-order valence-electron chi connectivity index (χ3n) is 6.26. The minimum atomic E-state index is -0.197. The van der Waals surface area contributed by atoms with Crippen molar-refractivity contribution in [2.24, 2.45) is 0 Å². The molecular formula is C23H27N5O2S. The number of urea groups is 1. The lowest BCUT2D eigenvalue weighted by molar-refractivity contribution is 0.135. The van der Waals surface area contributed by atoms with E-state index in [0.717, 1.165) is 66.8 Å². The first-order valence-electron chi connectivity index (χ1n) is 11.0. The number of benzene rings is 1. The van der Waals surface area contributed by atoms with Crippen molar-refractivity contribution in [1.82, 2.24) is 20.2 Å². The van der Waals surface area contributed by atoms with E-state index in [2.05, 4.69) is 20.5 Å². The van der Waals surface area contributed by atoms with Crippen molar-refractivity contribution in [3.8, 4) is 0 Å². The molecule has 0 radical (unpaired) electrons. The number of aromatic nitrogens is 2. The maximum Gasteiger partial charge on any atom is 0.319 e. The molecule has 31 heavy (non-hydrogen) atoms. The number of H-pyrrole nitrogens is 1. The molecule has 1 aliphatic heterocycles. The van der Waals surface area contributed by atoms with Crippen molar-refractivity contribution in [3.05, 3.63) is 57.0 Å². The second kappa shape index (κ2) is 8.80. The smallest absolute Gasteiger partial charge is 0.319 e. The van der Waals surface area contributed by atoms with Gasteiger partial charge in [-0.25, -0.2) is 9.78 Å². The Balaban J connectivity index is 1.25. The Bertz CT molecular complexity index is 1140. The van der Waals surface area contributed by atoms with Gasteiger partial charge >= 0.3 is 6.03 Å². The van der Waals surface area contributed by atoms with Crippen LogP contribution in [0.25, 0.3) is 10.2 Å². The summed E-state index contributed by atoms with van der Waals surface area (Å²) in [5.74, 6) is 0.720. The fourth-order valence-electron chi connectivity index (χ4n) is 4.72. The summed E-state index contributed by atoms with van der Waals surface area (Å²) in [6.07, 6.45) is 6.47. The summed E-state index contributed by atoms with van der Waals surface area (Å²) in [7, 11) is 0. The first-order chi connectivity index (χ1) is 15.2. The van der Waals surface area contributed by atoms with E-state index in [1.807, 2.05) is 30.3 Å². The van der Waals surface area contributed by atoms with E-state index in [0.29, 0.717) is 13.1 Å². The Morgan fingerprint density at radius 2 is 2.06 bits per heavy atom. The van der Waals surface area contributed by atoms with Gasteiger partial charge in [-0.15, -0.1) is 11.3 Å². The van der Waals surface area contributed by atoms with E-state index >= 15 is 0 Å². The molecule has 1 atom stereocenters. The lowest BCUT2D eigenvalue weighted by atomic mass is 10.0. The summed E-state index contributed by atoms with van der Waals surface area (Å²) < 4.78 is 0. The number of fused-ring (bicyclic) bond motifs is 3. The van der Waals surface area contributed by atoms with Crippen LogP contribution in [0.2, 0.25) is 0 Å². The van der Waals surface area contributed by atoms with Gasteiger partial charge < -0.3 is 15.6 Å². The van der Waals surface area contributed by atoms with Gasteiger partial charge in [-0.2, -0.15) is 0 Å². The highest BCUT2D eigenvalue weighted by Crippen LogP contribution is 2.34. The third kappa shape index (κ3) is 4.36. The number of anilines is 1. The molecule has 7 nitrogen and oxygen atoms in total. The van der Waals surface area contributed by atoms with Gasteiger partial charge in [0.15, 0.2) is 0 Å².